The summed E-state index contributed by atoms with van der Waals surface area (Å²) in [4.78, 5) is 10.8. The van der Waals surface area contributed by atoms with E-state index in [0.29, 0.717) is 5.56 Å². The van der Waals surface area contributed by atoms with E-state index in [0.717, 1.165) is 0 Å². The average molecular weight is 211 g/mol. The molecular formula is C8H8ClNaO3. The van der Waals surface area contributed by atoms with Crippen LogP contribution in [-0.2, 0) is 4.74 Å². The molecule has 0 aliphatic heterocycles. The van der Waals surface area contributed by atoms with Crippen molar-refractivity contribution in [2.75, 3.05) is 7.11 Å². The van der Waals surface area contributed by atoms with Crippen molar-refractivity contribution in [3.8, 4) is 5.75 Å². The second-order valence-corrected chi connectivity index (χ2v) is 2.04. The van der Waals surface area contributed by atoms with Gasteiger partial charge in [-0.05, 0) is 24.3 Å². The van der Waals surface area contributed by atoms with Crippen LogP contribution in [0.2, 0.25) is 0 Å². The summed E-state index contributed by atoms with van der Waals surface area (Å²) < 4.78 is 4.46. The molecule has 0 aliphatic carbocycles. The van der Waals surface area contributed by atoms with Gasteiger partial charge in [0, 0.05) is 0 Å². The number of phenolic OH excluding ortho intramolecular Hbond substituents is 1. The van der Waals surface area contributed by atoms with E-state index < -0.39 is 5.97 Å². The van der Waals surface area contributed by atoms with Gasteiger partial charge in [0.1, 0.15) is 5.75 Å². The molecule has 66 valence electrons. The number of ether oxygens (including phenoxy) is 1. The van der Waals surface area contributed by atoms with E-state index in [1.165, 1.54) is 31.4 Å². The van der Waals surface area contributed by atoms with Crippen molar-refractivity contribution < 1.29 is 56.6 Å². The predicted molar refractivity (Wildman–Crippen MR) is 39.4 cm³/mol. The monoisotopic (exact) mass is 210 g/mol. The van der Waals surface area contributed by atoms with Crippen molar-refractivity contribution >= 4 is 5.97 Å². The van der Waals surface area contributed by atoms with E-state index >= 15 is 0 Å². The van der Waals surface area contributed by atoms with Crippen LogP contribution in [0.5, 0.6) is 5.75 Å². The smallest absolute Gasteiger partial charge is 1.00 e. The van der Waals surface area contributed by atoms with Crippen LogP contribution in [-0.4, -0.2) is 18.2 Å². The average Bonchev–Trinajstić information content (AvgIpc) is 2.05. The third-order valence-electron chi connectivity index (χ3n) is 1.29. The number of methoxy groups -OCH3 is 1. The first-order valence-electron chi connectivity index (χ1n) is 3.11. The van der Waals surface area contributed by atoms with Gasteiger partial charge in [0.05, 0.1) is 12.7 Å². The van der Waals surface area contributed by atoms with Gasteiger partial charge >= 0.3 is 35.5 Å². The van der Waals surface area contributed by atoms with Crippen LogP contribution in [0.4, 0.5) is 0 Å². The Morgan fingerprint density at radius 1 is 1.31 bits per heavy atom. The van der Waals surface area contributed by atoms with Crippen molar-refractivity contribution in [3.05, 3.63) is 29.8 Å². The standard InChI is InChI=1S/C8H8O3.ClH.Na/c1-11-8(10)6-2-4-7(9)5-3-6;;/h2-5,9H,1H3;1H;/q;;+1/p-1. The molecule has 0 heterocycles. The number of hydrogen-bond donors (Lipinski definition) is 1. The first-order chi connectivity index (χ1) is 5.24. The first-order valence-corrected chi connectivity index (χ1v) is 3.11. The summed E-state index contributed by atoms with van der Waals surface area (Å²) in [5, 5.41) is 8.86. The van der Waals surface area contributed by atoms with Gasteiger partial charge in [0.2, 0.25) is 0 Å². The summed E-state index contributed by atoms with van der Waals surface area (Å²) >= 11 is 0. The van der Waals surface area contributed by atoms with Gasteiger partial charge in [-0.2, -0.15) is 0 Å². The first kappa shape index (κ1) is 15.3. The van der Waals surface area contributed by atoms with Gasteiger partial charge < -0.3 is 22.3 Å². The van der Waals surface area contributed by atoms with Crippen LogP contribution in [0.1, 0.15) is 10.4 Å². The second kappa shape index (κ2) is 7.21. The Balaban J connectivity index is 0. The summed E-state index contributed by atoms with van der Waals surface area (Å²) in [7, 11) is 1.31. The van der Waals surface area contributed by atoms with Crippen LogP contribution in [0.25, 0.3) is 0 Å². The van der Waals surface area contributed by atoms with E-state index in [2.05, 4.69) is 4.74 Å². The Bertz CT molecular complexity index is 261. The van der Waals surface area contributed by atoms with Gasteiger partial charge in [-0.25, -0.2) is 4.79 Å². The molecule has 0 radical (unpaired) electrons. The molecule has 13 heavy (non-hydrogen) atoms. The summed E-state index contributed by atoms with van der Waals surface area (Å²) in [6.45, 7) is 0. The Kier molecular flexibility index (Phi) is 8.46. The number of carbonyl (C=O) groups excluding carboxylic acids is 1. The molecule has 0 saturated carbocycles. The number of hydrogen-bond acceptors (Lipinski definition) is 3. The van der Waals surface area contributed by atoms with Crippen molar-refractivity contribution in [1.82, 2.24) is 0 Å². The predicted octanol–water partition coefficient (Wildman–Crippen LogP) is -4.81. The van der Waals surface area contributed by atoms with Crippen molar-refractivity contribution in [3.63, 3.8) is 0 Å². The van der Waals surface area contributed by atoms with E-state index in [9.17, 15) is 4.79 Å². The molecule has 0 saturated heterocycles. The third kappa shape index (κ3) is 4.52. The van der Waals surface area contributed by atoms with E-state index in [-0.39, 0.29) is 47.7 Å². The van der Waals surface area contributed by atoms with Gasteiger partial charge in [0.25, 0.3) is 0 Å². The zero-order valence-corrected chi connectivity index (χ0v) is 10.2. The van der Waals surface area contributed by atoms with Gasteiger partial charge in [-0.15, -0.1) is 0 Å². The number of benzene rings is 1. The minimum Gasteiger partial charge on any atom is -1.00 e. The molecular weight excluding hydrogens is 203 g/mol. The molecule has 0 spiro atoms. The molecule has 1 N–H and O–H groups in total. The zero-order valence-electron chi connectivity index (χ0n) is 7.45. The molecule has 1 aromatic carbocycles. The number of carbonyl (C=O) groups is 1. The van der Waals surface area contributed by atoms with Crippen LogP contribution in [0.3, 0.4) is 0 Å². The maximum atomic E-state index is 10.8. The molecule has 0 aromatic heterocycles. The fourth-order valence-corrected chi connectivity index (χ4v) is 0.715. The van der Waals surface area contributed by atoms with Gasteiger partial charge in [-0.1, -0.05) is 0 Å². The Morgan fingerprint density at radius 3 is 2.15 bits per heavy atom. The number of rotatable bonds is 1. The second-order valence-electron chi connectivity index (χ2n) is 2.04. The van der Waals surface area contributed by atoms with Crippen LogP contribution in [0, 0.1) is 0 Å². The molecule has 0 unspecified atom stereocenters. The number of esters is 1. The summed E-state index contributed by atoms with van der Waals surface area (Å²) in [5.74, 6) is -0.261. The minimum absolute atomic E-state index is 0. The number of halogens is 1. The molecule has 3 nitrogen and oxygen atoms in total. The van der Waals surface area contributed by atoms with Crippen LogP contribution >= 0.6 is 0 Å². The SMILES string of the molecule is COC(=O)c1ccc(O)cc1.[Cl-].[Na+]. The summed E-state index contributed by atoms with van der Waals surface area (Å²) in [6, 6.07) is 5.88. The third-order valence-corrected chi connectivity index (χ3v) is 1.29. The fourth-order valence-electron chi connectivity index (χ4n) is 0.715. The zero-order chi connectivity index (χ0) is 8.27. The van der Waals surface area contributed by atoms with Crippen molar-refractivity contribution in [1.29, 1.82) is 0 Å². The van der Waals surface area contributed by atoms with E-state index in [4.69, 9.17) is 5.11 Å². The van der Waals surface area contributed by atoms with E-state index in [1.807, 2.05) is 0 Å². The largest absolute Gasteiger partial charge is 1.00 e. The van der Waals surface area contributed by atoms with Gasteiger partial charge in [-0.3, -0.25) is 0 Å². The minimum atomic E-state index is -0.398. The summed E-state index contributed by atoms with van der Waals surface area (Å²) in [6.07, 6.45) is 0. The quantitative estimate of drug-likeness (QED) is 0.374. The Labute approximate surface area is 105 Å². The Hall–Kier alpha value is -0.220. The van der Waals surface area contributed by atoms with Crippen LogP contribution in [0.15, 0.2) is 24.3 Å². The van der Waals surface area contributed by atoms with Crippen molar-refractivity contribution in [2.45, 2.75) is 0 Å². The maximum absolute atomic E-state index is 10.8. The molecule has 0 bridgehead atoms. The normalized spacial score (nSPS) is 7.77. The van der Waals surface area contributed by atoms with Crippen molar-refractivity contribution in [2.24, 2.45) is 0 Å². The molecule has 0 aliphatic rings. The Morgan fingerprint density at radius 2 is 1.77 bits per heavy atom. The maximum Gasteiger partial charge on any atom is 1.00 e. The van der Waals surface area contributed by atoms with E-state index in [1.54, 1.807) is 0 Å². The summed E-state index contributed by atoms with van der Waals surface area (Å²) in [5.41, 5.74) is 0.435. The van der Waals surface area contributed by atoms with Gasteiger partial charge in [0.15, 0.2) is 0 Å². The fraction of sp³-hybridized carbons (Fsp3) is 0.125. The molecule has 5 heteroatoms. The molecule has 0 atom stereocenters. The van der Waals surface area contributed by atoms with Crippen LogP contribution < -0.4 is 42.0 Å². The number of aromatic hydroxyl groups is 1. The molecule has 1 rings (SSSR count). The molecule has 1 aromatic rings. The molecule has 0 fully saturated rings. The number of phenols is 1. The topological polar surface area (TPSA) is 46.5 Å². The molecule has 0 amide bonds.